The average Bonchev–Trinajstić information content (AvgIpc) is 2.85. The predicted molar refractivity (Wildman–Crippen MR) is 114 cm³/mol. The SMILES string of the molecule is CNC(C)C(=O)NC1CCc2ccccc2N(Cc2cc(Cl)ccc2OC)C1=O. The molecule has 0 fully saturated rings. The molecule has 0 spiro atoms. The first-order valence-electron chi connectivity index (χ1n) is 9.64. The van der Waals surface area contributed by atoms with E-state index in [2.05, 4.69) is 10.6 Å². The van der Waals surface area contributed by atoms with Gasteiger partial charge >= 0.3 is 0 Å². The van der Waals surface area contributed by atoms with Gasteiger partial charge in [-0.2, -0.15) is 0 Å². The van der Waals surface area contributed by atoms with Crippen molar-refractivity contribution in [2.75, 3.05) is 19.1 Å². The first kappa shape index (κ1) is 21.1. The highest BCUT2D eigenvalue weighted by Gasteiger charge is 2.32. The van der Waals surface area contributed by atoms with E-state index in [4.69, 9.17) is 16.3 Å². The molecule has 0 saturated heterocycles. The minimum Gasteiger partial charge on any atom is -0.496 e. The van der Waals surface area contributed by atoms with Crippen molar-refractivity contribution in [2.24, 2.45) is 0 Å². The molecule has 3 rings (SSSR count). The normalized spacial score (nSPS) is 17.3. The number of ether oxygens (including phenoxy) is 1. The molecule has 1 aliphatic heterocycles. The maximum absolute atomic E-state index is 13.5. The highest BCUT2D eigenvalue weighted by molar-refractivity contribution is 6.30. The maximum atomic E-state index is 13.5. The molecule has 0 saturated carbocycles. The molecule has 2 aromatic carbocycles. The quantitative estimate of drug-likeness (QED) is 0.761. The zero-order valence-corrected chi connectivity index (χ0v) is 17.6. The Morgan fingerprint density at radius 2 is 2.07 bits per heavy atom. The lowest BCUT2D eigenvalue weighted by atomic mass is 10.1. The van der Waals surface area contributed by atoms with E-state index >= 15 is 0 Å². The van der Waals surface area contributed by atoms with Crippen LogP contribution in [0.5, 0.6) is 5.75 Å². The van der Waals surface area contributed by atoms with Crippen molar-refractivity contribution in [3.8, 4) is 5.75 Å². The molecule has 0 aromatic heterocycles. The number of amides is 2. The van der Waals surface area contributed by atoms with Crippen LogP contribution >= 0.6 is 11.6 Å². The summed E-state index contributed by atoms with van der Waals surface area (Å²) in [4.78, 5) is 27.6. The van der Waals surface area contributed by atoms with Gasteiger partial charge in [-0.25, -0.2) is 0 Å². The summed E-state index contributed by atoms with van der Waals surface area (Å²) in [5, 5.41) is 6.38. The number of fused-ring (bicyclic) bond motifs is 1. The Hall–Kier alpha value is -2.57. The molecule has 6 nitrogen and oxygen atoms in total. The van der Waals surface area contributed by atoms with Gasteiger partial charge in [0.25, 0.3) is 0 Å². The molecule has 154 valence electrons. The zero-order chi connectivity index (χ0) is 21.0. The van der Waals surface area contributed by atoms with Gasteiger partial charge in [0.05, 0.1) is 19.7 Å². The number of carbonyl (C=O) groups excluding carboxylic acids is 2. The molecule has 0 bridgehead atoms. The molecule has 2 aromatic rings. The van der Waals surface area contributed by atoms with Gasteiger partial charge in [0, 0.05) is 16.3 Å². The van der Waals surface area contributed by atoms with Gasteiger partial charge in [-0.1, -0.05) is 29.8 Å². The molecule has 0 aliphatic carbocycles. The monoisotopic (exact) mass is 415 g/mol. The topological polar surface area (TPSA) is 70.7 Å². The predicted octanol–water partition coefficient (Wildman–Crippen LogP) is 2.92. The number of hydrogen-bond acceptors (Lipinski definition) is 4. The lowest BCUT2D eigenvalue weighted by Crippen LogP contribution is -2.52. The molecular formula is C22H26ClN3O3. The number of para-hydroxylation sites is 1. The van der Waals surface area contributed by atoms with E-state index < -0.39 is 6.04 Å². The molecular weight excluding hydrogens is 390 g/mol. The van der Waals surface area contributed by atoms with E-state index in [-0.39, 0.29) is 17.9 Å². The van der Waals surface area contributed by atoms with E-state index in [1.807, 2.05) is 24.3 Å². The molecule has 29 heavy (non-hydrogen) atoms. The fraction of sp³-hybridized carbons (Fsp3) is 0.364. The Morgan fingerprint density at radius 3 is 2.79 bits per heavy atom. The number of halogens is 1. The Balaban J connectivity index is 1.96. The fourth-order valence-corrected chi connectivity index (χ4v) is 3.68. The van der Waals surface area contributed by atoms with E-state index in [1.165, 1.54) is 0 Å². The third kappa shape index (κ3) is 4.71. The van der Waals surface area contributed by atoms with Crippen LogP contribution in [0, 0.1) is 0 Å². The van der Waals surface area contributed by atoms with Crippen LogP contribution in [0.25, 0.3) is 0 Å². The van der Waals surface area contributed by atoms with Gasteiger partial charge in [-0.15, -0.1) is 0 Å². The van der Waals surface area contributed by atoms with Crippen LogP contribution in [0.15, 0.2) is 42.5 Å². The Labute approximate surface area is 176 Å². The standard InChI is InChI=1S/C22H26ClN3O3/c1-14(24-2)21(27)25-18-10-8-15-6-4-5-7-19(15)26(22(18)28)13-16-12-17(23)9-11-20(16)29-3/h4-7,9,11-12,14,18,24H,8,10,13H2,1-3H3,(H,25,27). The van der Waals surface area contributed by atoms with E-state index in [1.54, 1.807) is 44.2 Å². The lowest BCUT2D eigenvalue weighted by molar-refractivity contribution is -0.128. The van der Waals surface area contributed by atoms with Crippen LogP contribution in [-0.4, -0.2) is 38.1 Å². The van der Waals surface area contributed by atoms with Crippen molar-refractivity contribution < 1.29 is 14.3 Å². The van der Waals surface area contributed by atoms with E-state index in [9.17, 15) is 9.59 Å². The molecule has 2 atom stereocenters. The van der Waals surface area contributed by atoms with Gasteiger partial charge in [0.2, 0.25) is 11.8 Å². The number of anilines is 1. The van der Waals surface area contributed by atoms with Crippen molar-refractivity contribution in [2.45, 2.75) is 38.4 Å². The summed E-state index contributed by atoms with van der Waals surface area (Å²) >= 11 is 6.19. The highest BCUT2D eigenvalue weighted by atomic mass is 35.5. The van der Waals surface area contributed by atoms with Crippen molar-refractivity contribution in [3.05, 3.63) is 58.6 Å². The number of aryl methyl sites for hydroxylation is 1. The fourth-order valence-electron chi connectivity index (χ4n) is 3.48. The Bertz CT molecular complexity index is 903. The molecule has 2 N–H and O–H groups in total. The molecule has 1 heterocycles. The van der Waals surface area contributed by atoms with Crippen molar-refractivity contribution in [3.63, 3.8) is 0 Å². The summed E-state index contributed by atoms with van der Waals surface area (Å²) in [6.07, 6.45) is 1.24. The van der Waals surface area contributed by atoms with Crippen LogP contribution in [0.2, 0.25) is 5.02 Å². The van der Waals surface area contributed by atoms with Crippen LogP contribution in [-0.2, 0) is 22.6 Å². The number of nitrogens with one attached hydrogen (secondary N) is 2. The van der Waals surface area contributed by atoms with Crippen molar-refractivity contribution >= 4 is 29.1 Å². The highest BCUT2D eigenvalue weighted by Crippen LogP contribution is 2.31. The lowest BCUT2D eigenvalue weighted by Gasteiger charge is -2.27. The van der Waals surface area contributed by atoms with Gasteiger partial charge in [-0.3, -0.25) is 9.59 Å². The van der Waals surface area contributed by atoms with E-state index in [0.717, 1.165) is 16.8 Å². The van der Waals surface area contributed by atoms with Crippen molar-refractivity contribution in [1.29, 1.82) is 0 Å². The minimum atomic E-state index is -0.601. The van der Waals surface area contributed by atoms with Crippen LogP contribution in [0.3, 0.4) is 0 Å². The summed E-state index contributed by atoms with van der Waals surface area (Å²) in [5.74, 6) is 0.319. The molecule has 7 heteroatoms. The first-order valence-corrected chi connectivity index (χ1v) is 10.0. The summed E-state index contributed by atoms with van der Waals surface area (Å²) in [5.41, 5.74) is 2.72. The van der Waals surface area contributed by atoms with Gasteiger partial charge < -0.3 is 20.3 Å². The number of nitrogens with zero attached hydrogens (tertiary/aromatic N) is 1. The second-order valence-corrected chi connectivity index (χ2v) is 7.56. The molecule has 2 unspecified atom stereocenters. The van der Waals surface area contributed by atoms with Crippen LogP contribution < -0.4 is 20.3 Å². The maximum Gasteiger partial charge on any atom is 0.249 e. The zero-order valence-electron chi connectivity index (χ0n) is 16.9. The van der Waals surface area contributed by atoms with Crippen molar-refractivity contribution in [1.82, 2.24) is 10.6 Å². The summed E-state index contributed by atoms with van der Waals surface area (Å²) in [7, 11) is 3.31. The largest absolute Gasteiger partial charge is 0.496 e. The van der Waals surface area contributed by atoms with E-state index in [0.29, 0.717) is 30.2 Å². The Morgan fingerprint density at radius 1 is 1.31 bits per heavy atom. The number of likely N-dealkylation sites (N-methyl/N-ethyl adjacent to an activating group) is 1. The average molecular weight is 416 g/mol. The van der Waals surface area contributed by atoms with Gasteiger partial charge in [0.1, 0.15) is 11.8 Å². The van der Waals surface area contributed by atoms with Crippen LogP contribution in [0.1, 0.15) is 24.5 Å². The summed E-state index contributed by atoms with van der Waals surface area (Å²) in [6.45, 7) is 2.06. The molecule has 0 radical (unpaired) electrons. The number of methoxy groups -OCH3 is 1. The number of rotatable bonds is 6. The smallest absolute Gasteiger partial charge is 0.249 e. The second kappa shape index (κ2) is 9.29. The molecule has 1 aliphatic rings. The Kier molecular flexibility index (Phi) is 6.77. The third-order valence-corrected chi connectivity index (χ3v) is 5.50. The summed E-state index contributed by atoms with van der Waals surface area (Å²) < 4.78 is 5.46. The number of carbonyl (C=O) groups is 2. The molecule has 2 amide bonds. The summed E-state index contributed by atoms with van der Waals surface area (Å²) in [6, 6.07) is 12.2. The number of hydrogen-bond donors (Lipinski definition) is 2. The first-order chi connectivity index (χ1) is 13.9. The third-order valence-electron chi connectivity index (χ3n) is 5.26. The second-order valence-electron chi connectivity index (χ2n) is 7.12. The minimum absolute atomic E-state index is 0.145. The van der Waals surface area contributed by atoms with Crippen LogP contribution in [0.4, 0.5) is 5.69 Å². The van der Waals surface area contributed by atoms with Gasteiger partial charge in [0.15, 0.2) is 0 Å². The number of benzene rings is 2. The van der Waals surface area contributed by atoms with Gasteiger partial charge in [-0.05, 0) is 56.6 Å².